The Balaban J connectivity index is 1.80. The molecule has 0 aromatic heterocycles. The Labute approximate surface area is 266 Å². The molecule has 2 amide bonds. The summed E-state index contributed by atoms with van der Waals surface area (Å²) in [7, 11) is -4.22. The number of anilines is 1. The Hall–Kier alpha value is -4.02. The lowest BCUT2D eigenvalue weighted by Gasteiger charge is -2.34. The van der Waals surface area contributed by atoms with E-state index in [1.807, 2.05) is 44.2 Å². The molecule has 0 radical (unpaired) electrons. The maximum absolute atomic E-state index is 15.0. The lowest BCUT2D eigenvalue weighted by molar-refractivity contribution is -0.140. The minimum absolute atomic E-state index is 0.0148. The zero-order valence-electron chi connectivity index (χ0n) is 24.6. The van der Waals surface area contributed by atoms with Crippen LogP contribution >= 0.6 is 15.9 Å². The molecule has 0 fully saturated rings. The Morgan fingerprint density at radius 1 is 0.886 bits per heavy atom. The van der Waals surface area contributed by atoms with Crippen LogP contribution in [0.5, 0.6) is 0 Å². The molecule has 4 aromatic carbocycles. The van der Waals surface area contributed by atoms with Gasteiger partial charge in [-0.15, -0.1) is 0 Å². The Morgan fingerprint density at radius 3 is 2.16 bits per heavy atom. The molecule has 44 heavy (non-hydrogen) atoms. The van der Waals surface area contributed by atoms with Crippen molar-refractivity contribution in [3.63, 3.8) is 0 Å². The number of carbonyl (C=O) groups excluding carboxylic acids is 2. The number of amides is 2. The van der Waals surface area contributed by atoms with Crippen LogP contribution < -0.4 is 9.62 Å². The molecule has 0 spiro atoms. The standard InChI is InChI=1S/C34H35BrFN3O4S/c1-3-21-37-34(41)32(22-26-9-5-4-6-10-26)38(23-27-11-7-8-12-31(27)36)33(40)24-39(29-17-15-28(35)16-18-29)44(42,43)30-19-13-25(2)14-20-30/h4-20,32H,3,21-24H2,1-2H3,(H,37,41)/t32-/m0/s1. The summed E-state index contributed by atoms with van der Waals surface area (Å²) in [6, 6.07) is 27.2. The molecule has 0 saturated heterocycles. The van der Waals surface area contributed by atoms with Gasteiger partial charge in [0.15, 0.2) is 0 Å². The average molecular weight is 681 g/mol. The van der Waals surface area contributed by atoms with Crippen LogP contribution in [0.2, 0.25) is 0 Å². The van der Waals surface area contributed by atoms with Crippen LogP contribution in [0.25, 0.3) is 0 Å². The van der Waals surface area contributed by atoms with E-state index in [0.29, 0.717) is 13.0 Å². The summed E-state index contributed by atoms with van der Waals surface area (Å²) in [5, 5.41) is 2.88. The SMILES string of the molecule is CCCNC(=O)[C@H](Cc1ccccc1)N(Cc1ccccc1F)C(=O)CN(c1ccc(Br)cc1)S(=O)(=O)c1ccc(C)cc1. The summed E-state index contributed by atoms with van der Waals surface area (Å²) in [5.41, 5.74) is 2.16. The van der Waals surface area contributed by atoms with E-state index in [1.54, 1.807) is 54.6 Å². The number of hydrogen-bond donors (Lipinski definition) is 1. The molecule has 4 rings (SSSR count). The van der Waals surface area contributed by atoms with Crippen molar-refractivity contribution in [2.75, 3.05) is 17.4 Å². The van der Waals surface area contributed by atoms with Crippen molar-refractivity contribution >= 4 is 43.5 Å². The van der Waals surface area contributed by atoms with Crippen LogP contribution in [0.1, 0.15) is 30.0 Å². The summed E-state index contributed by atoms with van der Waals surface area (Å²) in [4.78, 5) is 29.3. The van der Waals surface area contributed by atoms with Crippen molar-refractivity contribution in [3.8, 4) is 0 Å². The first-order valence-corrected chi connectivity index (χ1v) is 16.5. The van der Waals surface area contributed by atoms with Gasteiger partial charge in [-0.25, -0.2) is 12.8 Å². The molecule has 4 aromatic rings. The molecule has 1 atom stereocenters. The third kappa shape index (κ3) is 8.33. The first-order valence-electron chi connectivity index (χ1n) is 14.3. The van der Waals surface area contributed by atoms with Gasteiger partial charge in [-0.1, -0.05) is 89.1 Å². The molecule has 0 aliphatic carbocycles. The molecule has 0 aliphatic heterocycles. The van der Waals surface area contributed by atoms with Gasteiger partial charge in [0.2, 0.25) is 11.8 Å². The smallest absolute Gasteiger partial charge is 0.264 e. The van der Waals surface area contributed by atoms with Gasteiger partial charge < -0.3 is 10.2 Å². The van der Waals surface area contributed by atoms with Gasteiger partial charge in [0, 0.05) is 29.5 Å². The van der Waals surface area contributed by atoms with Crippen molar-refractivity contribution < 1.29 is 22.4 Å². The molecule has 230 valence electrons. The third-order valence-corrected chi connectivity index (χ3v) is 9.44. The normalized spacial score (nSPS) is 11.9. The lowest BCUT2D eigenvalue weighted by Crippen LogP contribution is -2.53. The van der Waals surface area contributed by atoms with Crippen LogP contribution in [0.4, 0.5) is 10.1 Å². The van der Waals surface area contributed by atoms with Gasteiger partial charge in [-0.3, -0.25) is 13.9 Å². The predicted octanol–water partition coefficient (Wildman–Crippen LogP) is 6.26. The molecular formula is C34H35BrFN3O4S. The van der Waals surface area contributed by atoms with Crippen molar-refractivity contribution in [1.29, 1.82) is 0 Å². The largest absolute Gasteiger partial charge is 0.354 e. The van der Waals surface area contributed by atoms with Gasteiger partial charge in [0.1, 0.15) is 18.4 Å². The minimum atomic E-state index is -4.22. The summed E-state index contributed by atoms with van der Waals surface area (Å²) in [6.45, 7) is 3.31. The fraction of sp³-hybridized carbons (Fsp3) is 0.235. The number of carbonyl (C=O) groups is 2. The van der Waals surface area contributed by atoms with Crippen LogP contribution in [0, 0.1) is 12.7 Å². The fourth-order valence-corrected chi connectivity index (χ4v) is 6.38. The quantitative estimate of drug-likeness (QED) is 0.181. The number of aryl methyl sites for hydroxylation is 1. The topological polar surface area (TPSA) is 86.8 Å². The Kier molecular flexibility index (Phi) is 11.3. The van der Waals surface area contributed by atoms with Crippen LogP contribution in [0.3, 0.4) is 0 Å². The molecular weight excluding hydrogens is 645 g/mol. The Bertz CT molecular complexity index is 1670. The van der Waals surface area contributed by atoms with E-state index in [4.69, 9.17) is 0 Å². The van der Waals surface area contributed by atoms with E-state index in [1.165, 1.54) is 23.1 Å². The second-order valence-electron chi connectivity index (χ2n) is 10.4. The molecule has 0 bridgehead atoms. The highest BCUT2D eigenvalue weighted by Crippen LogP contribution is 2.27. The van der Waals surface area contributed by atoms with Gasteiger partial charge in [0.25, 0.3) is 10.0 Å². The molecule has 1 N–H and O–H groups in total. The van der Waals surface area contributed by atoms with Gasteiger partial charge in [-0.05, 0) is 61.4 Å². The number of nitrogens with one attached hydrogen (secondary N) is 1. The van der Waals surface area contributed by atoms with Crippen molar-refractivity contribution in [2.45, 2.75) is 44.2 Å². The minimum Gasteiger partial charge on any atom is -0.354 e. The number of rotatable bonds is 13. The molecule has 7 nitrogen and oxygen atoms in total. The maximum Gasteiger partial charge on any atom is 0.264 e. The van der Waals surface area contributed by atoms with Crippen molar-refractivity contribution in [1.82, 2.24) is 10.2 Å². The summed E-state index contributed by atoms with van der Waals surface area (Å²) in [5.74, 6) is -1.59. The van der Waals surface area contributed by atoms with Crippen LogP contribution in [-0.2, 0) is 32.6 Å². The first kappa shape index (κ1) is 32.9. The van der Waals surface area contributed by atoms with Gasteiger partial charge in [-0.2, -0.15) is 0 Å². The highest BCUT2D eigenvalue weighted by molar-refractivity contribution is 9.10. The summed E-state index contributed by atoms with van der Waals surface area (Å²) >= 11 is 3.38. The summed E-state index contributed by atoms with van der Waals surface area (Å²) in [6.07, 6.45) is 0.830. The van der Waals surface area contributed by atoms with Crippen molar-refractivity contribution in [3.05, 3.63) is 130 Å². The van der Waals surface area contributed by atoms with Crippen molar-refractivity contribution in [2.24, 2.45) is 0 Å². The monoisotopic (exact) mass is 679 g/mol. The molecule has 0 heterocycles. The number of sulfonamides is 1. The molecule has 0 aliphatic rings. The first-order chi connectivity index (χ1) is 21.1. The highest BCUT2D eigenvalue weighted by Gasteiger charge is 2.35. The molecule has 10 heteroatoms. The number of halogens is 2. The van der Waals surface area contributed by atoms with E-state index < -0.39 is 40.2 Å². The van der Waals surface area contributed by atoms with E-state index >= 15 is 0 Å². The summed E-state index contributed by atoms with van der Waals surface area (Å²) < 4.78 is 44.8. The zero-order chi connectivity index (χ0) is 31.7. The fourth-order valence-electron chi connectivity index (χ4n) is 4.70. The van der Waals surface area contributed by atoms with Gasteiger partial charge in [0.05, 0.1) is 10.6 Å². The zero-order valence-corrected chi connectivity index (χ0v) is 27.0. The highest BCUT2D eigenvalue weighted by atomic mass is 79.9. The maximum atomic E-state index is 15.0. The van der Waals surface area contributed by atoms with E-state index in [-0.39, 0.29) is 29.1 Å². The molecule has 0 unspecified atom stereocenters. The van der Waals surface area contributed by atoms with E-state index in [2.05, 4.69) is 21.2 Å². The lowest BCUT2D eigenvalue weighted by atomic mass is 10.0. The van der Waals surface area contributed by atoms with Crippen LogP contribution in [-0.4, -0.2) is 44.3 Å². The second-order valence-corrected chi connectivity index (χ2v) is 13.2. The second kappa shape index (κ2) is 15.1. The Morgan fingerprint density at radius 2 is 1.52 bits per heavy atom. The number of benzene rings is 4. The number of nitrogens with zero attached hydrogens (tertiary/aromatic N) is 2. The number of hydrogen-bond acceptors (Lipinski definition) is 4. The molecule has 0 saturated carbocycles. The van der Waals surface area contributed by atoms with Crippen LogP contribution in [0.15, 0.2) is 112 Å². The average Bonchev–Trinajstić information content (AvgIpc) is 3.02. The predicted molar refractivity (Wildman–Crippen MR) is 174 cm³/mol. The third-order valence-electron chi connectivity index (χ3n) is 7.12. The van der Waals surface area contributed by atoms with Gasteiger partial charge >= 0.3 is 0 Å². The van der Waals surface area contributed by atoms with E-state index in [0.717, 1.165) is 19.9 Å². The van der Waals surface area contributed by atoms with E-state index in [9.17, 15) is 22.4 Å².